The van der Waals surface area contributed by atoms with Crippen molar-refractivity contribution in [2.75, 3.05) is 19.0 Å². The normalized spacial score (nSPS) is 18.4. The molecule has 0 saturated heterocycles. The molecule has 0 spiro atoms. The summed E-state index contributed by atoms with van der Waals surface area (Å²) in [6.45, 7) is 6.57. The van der Waals surface area contributed by atoms with Crippen molar-refractivity contribution in [1.29, 1.82) is 0 Å². The van der Waals surface area contributed by atoms with Crippen LogP contribution in [0.5, 0.6) is 0 Å². The molecule has 0 saturated carbocycles. The van der Waals surface area contributed by atoms with Crippen molar-refractivity contribution in [2.24, 2.45) is 0 Å². The van der Waals surface area contributed by atoms with Crippen molar-refractivity contribution in [3.8, 4) is 0 Å². The molecule has 1 unspecified atom stereocenters. The van der Waals surface area contributed by atoms with Gasteiger partial charge in [0.1, 0.15) is 5.78 Å². The topological polar surface area (TPSA) is 75.6 Å². The van der Waals surface area contributed by atoms with E-state index in [2.05, 4.69) is 18.5 Å². The van der Waals surface area contributed by atoms with Crippen molar-refractivity contribution in [2.45, 2.75) is 31.3 Å². The van der Waals surface area contributed by atoms with E-state index in [-0.39, 0.29) is 39.9 Å². The summed E-state index contributed by atoms with van der Waals surface area (Å²) in [5.41, 5.74) is -1.51. The van der Waals surface area contributed by atoms with Gasteiger partial charge in [0.25, 0.3) is 5.91 Å². The zero-order valence-electron chi connectivity index (χ0n) is 13.5. The second-order valence-corrected chi connectivity index (χ2v) is 6.07. The molecule has 1 aliphatic rings. The lowest BCUT2D eigenvalue weighted by atomic mass is 9.88. The minimum absolute atomic E-state index is 0.178. The second-order valence-electron chi connectivity index (χ2n) is 5.26. The van der Waals surface area contributed by atoms with Gasteiger partial charge in [-0.3, -0.25) is 9.59 Å². The molecule has 0 aliphatic carbocycles. The molecule has 1 heterocycles. The third kappa shape index (κ3) is 4.36. The van der Waals surface area contributed by atoms with Gasteiger partial charge < -0.3 is 15.2 Å². The number of amides is 1. The molecule has 0 aromatic heterocycles. The molecule has 0 bridgehead atoms. The summed E-state index contributed by atoms with van der Waals surface area (Å²) < 4.78 is 4.91. The Bertz CT molecular complexity index is 621. The number of aliphatic hydroxyl groups is 1. The highest BCUT2D eigenvalue weighted by Crippen LogP contribution is 2.46. The second kappa shape index (κ2) is 9.18. The van der Waals surface area contributed by atoms with Crippen LogP contribution in [0, 0.1) is 0 Å². The quantitative estimate of drug-likeness (QED) is 0.564. The average Bonchev–Trinajstić information content (AvgIpc) is 2.82. The zero-order valence-corrected chi connectivity index (χ0v) is 15.0. The summed E-state index contributed by atoms with van der Waals surface area (Å²) in [5, 5.41) is 13.7. The lowest BCUT2D eigenvalue weighted by molar-refractivity contribution is -0.140. The highest BCUT2D eigenvalue weighted by atomic mass is 35.5. The van der Waals surface area contributed by atoms with Crippen molar-refractivity contribution in [3.63, 3.8) is 0 Å². The van der Waals surface area contributed by atoms with E-state index in [0.717, 1.165) is 6.42 Å². The van der Waals surface area contributed by atoms with E-state index in [1.807, 2.05) is 0 Å². The van der Waals surface area contributed by atoms with Crippen LogP contribution in [0.4, 0.5) is 5.69 Å². The Hall–Kier alpha value is -1.40. The first-order valence-electron chi connectivity index (χ1n) is 7.43. The fourth-order valence-corrected chi connectivity index (χ4v) is 3.04. The average molecular weight is 374 g/mol. The number of ether oxygens (including phenoxy) is 1. The van der Waals surface area contributed by atoms with Gasteiger partial charge in [0, 0.05) is 37.1 Å². The van der Waals surface area contributed by atoms with E-state index in [0.29, 0.717) is 13.0 Å². The summed E-state index contributed by atoms with van der Waals surface area (Å²) in [7, 11) is 1.59. The molecular weight excluding hydrogens is 353 g/mol. The predicted octanol–water partition coefficient (Wildman–Crippen LogP) is 3.71. The van der Waals surface area contributed by atoms with Crippen molar-refractivity contribution >= 4 is 40.6 Å². The number of fused-ring (bicyclic) bond motifs is 1. The Morgan fingerprint density at radius 2 is 1.92 bits per heavy atom. The van der Waals surface area contributed by atoms with Crippen LogP contribution in [0.15, 0.2) is 25.3 Å². The van der Waals surface area contributed by atoms with Gasteiger partial charge in [-0.2, -0.15) is 0 Å². The van der Waals surface area contributed by atoms with Crippen LogP contribution in [0.25, 0.3) is 0 Å². The molecule has 24 heavy (non-hydrogen) atoms. The molecule has 1 aliphatic heterocycles. The van der Waals surface area contributed by atoms with Crippen molar-refractivity contribution in [3.05, 3.63) is 40.9 Å². The maximum atomic E-state index is 12.1. The maximum absolute atomic E-state index is 12.1. The molecule has 1 aromatic rings. The lowest BCUT2D eigenvalue weighted by Crippen LogP contribution is -2.36. The van der Waals surface area contributed by atoms with Crippen molar-refractivity contribution in [1.82, 2.24) is 0 Å². The molecule has 0 fully saturated rings. The first-order valence-corrected chi connectivity index (χ1v) is 8.18. The van der Waals surface area contributed by atoms with Gasteiger partial charge in [-0.15, -0.1) is 13.2 Å². The highest BCUT2D eigenvalue weighted by Gasteiger charge is 2.48. The van der Waals surface area contributed by atoms with E-state index in [1.54, 1.807) is 7.11 Å². The SMILES string of the molecule is C=C.COCCCCC(=O)CC1(O)C(=O)Nc2c(Cl)ccc(Cl)c21. The first kappa shape index (κ1) is 20.6. The van der Waals surface area contributed by atoms with Gasteiger partial charge in [0.15, 0.2) is 5.60 Å². The molecule has 5 nitrogen and oxygen atoms in total. The van der Waals surface area contributed by atoms with Gasteiger partial charge in [0.2, 0.25) is 0 Å². The van der Waals surface area contributed by atoms with Gasteiger partial charge in [-0.05, 0) is 25.0 Å². The molecule has 7 heteroatoms. The highest BCUT2D eigenvalue weighted by molar-refractivity contribution is 6.38. The minimum Gasteiger partial charge on any atom is -0.385 e. The number of unbranched alkanes of at least 4 members (excludes halogenated alkanes) is 1. The van der Waals surface area contributed by atoms with Crippen LogP contribution in [-0.4, -0.2) is 30.5 Å². The maximum Gasteiger partial charge on any atom is 0.261 e. The number of carbonyl (C=O) groups is 2. The van der Waals surface area contributed by atoms with E-state index in [9.17, 15) is 14.7 Å². The number of hydrogen-bond acceptors (Lipinski definition) is 4. The minimum atomic E-state index is -1.96. The standard InChI is InChI=1S/C15H17Cl2NO4.C2H4/c1-22-7-3-2-4-9(19)8-15(21)12-10(16)5-6-11(17)13(12)18-14(15)20;1-2/h5-6,21H,2-4,7-8H2,1H3,(H,18,20);1-2H2. The largest absolute Gasteiger partial charge is 0.385 e. The van der Waals surface area contributed by atoms with Crippen LogP contribution < -0.4 is 5.32 Å². The number of Topliss-reactive ketones (excluding diaryl/α,β-unsaturated/α-hetero) is 1. The molecule has 1 amide bonds. The third-order valence-electron chi connectivity index (χ3n) is 3.64. The number of methoxy groups -OCH3 is 1. The van der Waals surface area contributed by atoms with Gasteiger partial charge in [-0.25, -0.2) is 0 Å². The van der Waals surface area contributed by atoms with E-state index in [1.165, 1.54) is 12.1 Å². The van der Waals surface area contributed by atoms with E-state index >= 15 is 0 Å². The van der Waals surface area contributed by atoms with E-state index < -0.39 is 11.5 Å². The third-order valence-corrected chi connectivity index (χ3v) is 4.27. The van der Waals surface area contributed by atoms with Gasteiger partial charge >= 0.3 is 0 Å². The van der Waals surface area contributed by atoms with Crippen LogP contribution in [-0.2, 0) is 19.9 Å². The predicted molar refractivity (Wildman–Crippen MR) is 95.6 cm³/mol. The van der Waals surface area contributed by atoms with Crippen molar-refractivity contribution < 1.29 is 19.4 Å². The summed E-state index contributed by atoms with van der Waals surface area (Å²) >= 11 is 12.1. The number of rotatable bonds is 7. The van der Waals surface area contributed by atoms with Gasteiger partial charge in [0.05, 0.1) is 10.7 Å². The molecular formula is C17H21Cl2NO4. The molecule has 132 valence electrons. The van der Waals surface area contributed by atoms with Crippen LogP contribution in [0.3, 0.4) is 0 Å². The number of benzene rings is 1. The number of anilines is 1. The molecule has 2 N–H and O–H groups in total. The Kier molecular flexibility index (Phi) is 7.90. The van der Waals surface area contributed by atoms with Gasteiger partial charge in [-0.1, -0.05) is 23.2 Å². The Morgan fingerprint density at radius 1 is 1.29 bits per heavy atom. The molecule has 2 rings (SSSR count). The first-order chi connectivity index (χ1) is 11.4. The Labute approximate surface area is 151 Å². The van der Waals surface area contributed by atoms with Crippen LogP contribution in [0.2, 0.25) is 10.0 Å². The molecule has 1 aromatic carbocycles. The Balaban J connectivity index is 0.00000139. The van der Waals surface area contributed by atoms with E-state index in [4.69, 9.17) is 27.9 Å². The van der Waals surface area contributed by atoms with Crippen LogP contribution >= 0.6 is 23.2 Å². The monoisotopic (exact) mass is 373 g/mol. The summed E-state index contributed by atoms with van der Waals surface area (Å²) in [5.74, 6) is -0.889. The smallest absolute Gasteiger partial charge is 0.261 e. The fourth-order valence-electron chi connectivity index (χ4n) is 2.52. The number of hydrogen-bond donors (Lipinski definition) is 2. The number of nitrogens with one attached hydrogen (secondary N) is 1. The number of ketones is 1. The lowest BCUT2D eigenvalue weighted by Gasteiger charge is -2.21. The summed E-state index contributed by atoms with van der Waals surface area (Å²) in [4.78, 5) is 24.2. The number of halogens is 2. The molecule has 0 radical (unpaired) electrons. The van der Waals surface area contributed by atoms with Crippen LogP contribution in [0.1, 0.15) is 31.2 Å². The summed E-state index contributed by atoms with van der Waals surface area (Å²) in [6.07, 6.45) is 1.34. The summed E-state index contributed by atoms with van der Waals surface area (Å²) in [6, 6.07) is 3.03. The Morgan fingerprint density at radius 3 is 2.54 bits per heavy atom. The fraction of sp³-hybridized carbons (Fsp3) is 0.412. The molecule has 1 atom stereocenters. The zero-order chi connectivity index (χ0) is 18.3. The number of carbonyl (C=O) groups excluding carboxylic acids is 2.